The first kappa shape index (κ1) is 21.8. The van der Waals surface area contributed by atoms with Gasteiger partial charge in [0.2, 0.25) is 5.91 Å². The Morgan fingerprint density at radius 3 is 2.31 bits per heavy atom. The van der Waals surface area contributed by atoms with Crippen LogP contribution < -0.4 is 5.56 Å². The summed E-state index contributed by atoms with van der Waals surface area (Å²) in [4.78, 5) is 26.5. The Balaban J connectivity index is 1.36. The molecule has 1 amide bonds. The lowest BCUT2D eigenvalue weighted by Crippen LogP contribution is -2.41. The second-order valence-corrected chi connectivity index (χ2v) is 7.98. The Morgan fingerprint density at radius 1 is 0.938 bits per heavy atom. The van der Waals surface area contributed by atoms with Crippen LogP contribution in [0.2, 0.25) is 0 Å². The Bertz CT molecular complexity index is 1170. The molecular weight excluding hydrogens is 419 g/mol. The minimum Gasteiger partial charge on any atom is -0.342 e. The van der Waals surface area contributed by atoms with Crippen LogP contribution in [0, 0.1) is 23.4 Å². The molecule has 1 aliphatic rings. The molecule has 0 saturated carbocycles. The van der Waals surface area contributed by atoms with Crippen molar-refractivity contribution in [2.45, 2.75) is 25.8 Å². The quantitative estimate of drug-likeness (QED) is 0.605. The molecule has 0 bridgehead atoms. The summed E-state index contributed by atoms with van der Waals surface area (Å²) in [7, 11) is 0. The van der Waals surface area contributed by atoms with Crippen molar-refractivity contribution in [3.63, 3.8) is 0 Å². The zero-order valence-corrected chi connectivity index (χ0v) is 17.3. The van der Waals surface area contributed by atoms with Gasteiger partial charge in [0.25, 0.3) is 5.56 Å². The van der Waals surface area contributed by atoms with Crippen molar-refractivity contribution in [1.82, 2.24) is 14.7 Å². The van der Waals surface area contributed by atoms with E-state index in [2.05, 4.69) is 5.10 Å². The summed E-state index contributed by atoms with van der Waals surface area (Å²) < 4.78 is 41.4. The number of nitrogens with zero attached hydrogens (tertiary/aromatic N) is 3. The maximum atomic E-state index is 13.8. The second-order valence-electron chi connectivity index (χ2n) is 7.98. The van der Waals surface area contributed by atoms with Gasteiger partial charge in [0, 0.05) is 37.3 Å². The van der Waals surface area contributed by atoms with Crippen molar-refractivity contribution < 1.29 is 18.0 Å². The largest absolute Gasteiger partial charge is 0.342 e. The smallest absolute Gasteiger partial charge is 0.266 e. The number of rotatable bonds is 5. The number of piperidine rings is 1. The number of carbonyl (C=O) groups excluding carboxylic acids is 1. The molecule has 0 aliphatic carbocycles. The van der Waals surface area contributed by atoms with Crippen LogP contribution >= 0.6 is 0 Å². The number of benzene rings is 2. The highest BCUT2D eigenvalue weighted by molar-refractivity contribution is 5.78. The molecule has 166 valence electrons. The minimum atomic E-state index is -0.722. The fraction of sp³-hybridized carbons (Fsp3) is 0.292. The van der Waals surface area contributed by atoms with Gasteiger partial charge >= 0.3 is 0 Å². The molecule has 0 radical (unpaired) electrons. The average molecular weight is 441 g/mol. The molecule has 3 aromatic rings. The highest BCUT2D eigenvalue weighted by Crippen LogP contribution is 2.21. The fourth-order valence-electron chi connectivity index (χ4n) is 3.90. The third-order valence-corrected chi connectivity index (χ3v) is 5.76. The molecule has 4 rings (SSSR count). The first-order chi connectivity index (χ1) is 15.4. The molecule has 32 heavy (non-hydrogen) atoms. The molecule has 5 nitrogen and oxygen atoms in total. The maximum Gasteiger partial charge on any atom is 0.266 e. The van der Waals surface area contributed by atoms with E-state index < -0.39 is 11.6 Å². The average Bonchev–Trinajstić information content (AvgIpc) is 2.78. The molecule has 1 aromatic heterocycles. The van der Waals surface area contributed by atoms with Gasteiger partial charge < -0.3 is 4.90 Å². The lowest BCUT2D eigenvalue weighted by Gasteiger charge is -2.32. The van der Waals surface area contributed by atoms with Crippen LogP contribution in [0.5, 0.6) is 0 Å². The van der Waals surface area contributed by atoms with E-state index in [-0.39, 0.29) is 35.2 Å². The van der Waals surface area contributed by atoms with Crippen LogP contribution in [0.3, 0.4) is 0 Å². The van der Waals surface area contributed by atoms with Gasteiger partial charge in [-0.3, -0.25) is 9.59 Å². The van der Waals surface area contributed by atoms with E-state index in [1.807, 2.05) is 0 Å². The van der Waals surface area contributed by atoms with Crippen molar-refractivity contribution >= 4 is 5.91 Å². The predicted molar refractivity (Wildman–Crippen MR) is 113 cm³/mol. The zero-order valence-electron chi connectivity index (χ0n) is 17.3. The Morgan fingerprint density at radius 2 is 1.62 bits per heavy atom. The van der Waals surface area contributed by atoms with Gasteiger partial charge in [0.05, 0.1) is 12.1 Å². The first-order valence-electron chi connectivity index (χ1n) is 10.4. The molecule has 1 fully saturated rings. The summed E-state index contributed by atoms with van der Waals surface area (Å²) in [5.41, 5.74) is 1.25. The molecule has 0 atom stereocenters. The number of carbonyl (C=O) groups is 1. The predicted octanol–water partition coefficient (Wildman–Crippen LogP) is 3.81. The molecule has 8 heteroatoms. The summed E-state index contributed by atoms with van der Waals surface area (Å²) in [6.07, 6.45) is 1.26. The van der Waals surface area contributed by atoms with Gasteiger partial charge in [0.15, 0.2) is 0 Å². The molecule has 0 spiro atoms. The summed E-state index contributed by atoms with van der Waals surface area (Å²) in [6, 6.07) is 12.2. The van der Waals surface area contributed by atoms with Crippen LogP contribution in [0.25, 0.3) is 11.3 Å². The fourth-order valence-corrected chi connectivity index (χ4v) is 3.90. The van der Waals surface area contributed by atoms with Gasteiger partial charge in [-0.2, -0.15) is 5.10 Å². The number of hydrogen-bond donors (Lipinski definition) is 0. The summed E-state index contributed by atoms with van der Waals surface area (Å²) in [5.74, 6) is -1.78. The standard InChI is InChI=1S/C24H22F3N3O2/c25-19-4-1-17(2-5-19)22-7-8-23(31)30(28-22)15-16-9-11-29(12-10-16)24(32)13-18-3-6-20(26)14-21(18)27/h1-8,14,16H,9-13,15H2. The molecule has 1 aliphatic heterocycles. The van der Waals surface area contributed by atoms with E-state index in [9.17, 15) is 22.8 Å². The maximum absolute atomic E-state index is 13.8. The van der Waals surface area contributed by atoms with Crippen LogP contribution in [0.15, 0.2) is 59.4 Å². The van der Waals surface area contributed by atoms with E-state index in [0.717, 1.165) is 12.1 Å². The first-order valence-corrected chi connectivity index (χ1v) is 10.4. The third kappa shape index (κ3) is 5.07. The number of likely N-dealkylation sites (tertiary alicyclic amines) is 1. The highest BCUT2D eigenvalue weighted by Gasteiger charge is 2.24. The topological polar surface area (TPSA) is 55.2 Å². The monoisotopic (exact) mass is 441 g/mol. The lowest BCUT2D eigenvalue weighted by molar-refractivity contribution is -0.132. The minimum absolute atomic E-state index is 0.114. The number of aromatic nitrogens is 2. The number of halogens is 3. The molecule has 2 aromatic carbocycles. The van der Waals surface area contributed by atoms with E-state index in [4.69, 9.17) is 0 Å². The van der Waals surface area contributed by atoms with E-state index in [1.54, 1.807) is 23.1 Å². The van der Waals surface area contributed by atoms with E-state index in [1.165, 1.54) is 28.9 Å². The van der Waals surface area contributed by atoms with Crippen LogP contribution in [-0.2, 0) is 17.8 Å². The number of amides is 1. The Labute approximate surface area is 183 Å². The Hall–Kier alpha value is -3.42. The highest BCUT2D eigenvalue weighted by atomic mass is 19.1. The number of hydrogen-bond acceptors (Lipinski definition) is 3. The van der Waals surface area contributed by atoms with Gasteiger partial charge in [-0.25, -0.2) is 17.9 Å². The van der Waals surface area contributed by atoms with Crippen LogP contribution in [0.4, 0.5) is 13.2 Å². The molecule has 0 unspecified atom stereocenters. The summed E-state index contributed by atoms with van der Waals surface area (Å²) in [6.45, 7) is 1.42. The molecular formula is C24H22F3N3O2. The van der Waals surface area contributed by atoms with Crippen molar-refractivity contribution in [1.29, 1.82) is 0 Å². The van der Waals surface area contributed by atoms with Crippen molar-refractivity contribution in [2.75, 3.05) is 13.1 Å². The third-order valence-electron chi connectivity index (χ3n) is 5.76. The SMILES string of the molecule is O=C(Cc1ccc(F)cc1F)N1CCC(Cn2nc(-c3ccc(F)cc3)ccc2=O)CC1. The van der Waals surface area contributed by atoms with Crippen LogP contribution in [-0.4, -0.2) is 33.7 Å². The molecule has 1 saturated heterocycles. The van der Waals surface area contributed by atoms with Gasteiger partial charge in [-0.1, -0.05) is 6.07 Å². The van der Waals surface area contributed by atoms with Gasteiger partial charge in [0.1, 0.15) is 17.5 Å². The normalized spacial score (nSPS) is 14.5. The van der Waals surface area contributed by atoms with Crippen LogP contribution in [0.1, 0.15) is 18.4 Å². The van der Waals surface area contributed by atoms with Crippen molar-refractivity contribution in [2.24, 2.45) is 5.92 Å². The zero-order chi connectivity index (χ0) is 22.7. The molecule has 2 heterocycles. The van der Waals surface area contributed by atoms with Crippen molar-refractivity contribution in [3.05, 3.63) is 88.0 Å². The lowest BCUT2D eigenvalue weighted by atomic mass is 9.96. The van der Waals surface area contributed by atoms with E-state index in [0.29, 0.717) is 43.7 Å². The summed E-state index contributed by atoms with van der Waals surface area (Å²) in [5, 5.41) is 4.42. The van der Waals surface area contributed by atoms with E-state index >= 15 is 0 Å². The van der Waals surface area contributed by atoms with Gasteiger partial charge in [-0.15, -0.1) is 0 Å². The summed E-state index contributed by atoms with van der Waals surface area (Å²) >= 11 is 0. The Kier molecular flexibility index (Phi) is 6.39. The van der Waals surface area contributed by atoms with Gasteiger partial charge in [-0.05, 0) is 60.7 Å². The second kappa shape index (κ2) is 9.38. The van der Waals surface area contributed by atoms with Crippen molar-refractivity contribution in [3.8, 4) is 11.3 Å². The molecule has 0 N–H and O–H groups in total.